The van der Waals surface area contributed by atoms with Crippen molar-refractivity contribution in [1.82, 2.24) is 15.2 Å². The number of likely N-dealkylation sites (tertiary alicyclic amines) is 1. The number of amides is 2. The number of carbonyl (C=O) groups excluding carboxylic acids is 2. The van der Waals surface area contributed by atoms with Crippen molar-refractivity contribution in [1.29, 1.82) is 0 Å². The van der Waals surface area contributed by atoms with Crippen LogP contribution in [0.15, 0.2) is 35.7 Å². The summed E-state index contributed by atoms with van der Waals surface area (Å²) < 4.78 is 0. The van der Waals surface area contributed by atoms with Gasteiger partial charge >= 0.3 is 5.97 Å². The summed E-state index contributed by atoms with van der Waals surface area (Å²) >= 11 is 1.21. The fourth-order valence-electron chi connectivity index (χ4n) is 2.91. The zero-order chi connectivity index (χ0) is 18.5. The Morgan fingerprint density at radius 1 is 1.19 bits per heavy atom. The van der Waals surface area contributed by atoms with E-state index in [0.29, 0.717) is 36.5 Å². The predicted molar refractivity (Wildman–Crippen MR) is 96.0 cm³/mol. The molecule has 2 amide bonds. The van der Waals surface area contributed by atoms with Gasteiger partial charge in [-0.1, -0.05) is 18.2 Å². The number of nitrogens with one attached hydrogen (secondary N) is 1. The Morgan fingerprint density at radius 2 is 1.88 bits per heavy atom. The molecule has 8 heteroatoms. The standard InChI is InChI=1S/C18H19N3O4S/c22-16(19-10-15-20-14(11-26-15)18(24)25)12-6-8-21(9-7-12)17(23)13-4-2-1-3-5-13/h1-5,11-12H,6-10H2,(H,19,22)(H,24,25). The number of carboxylic acids is 1. The Morgan fingerprint density at radius 3 is 2.50 bits per heavy atom. The van der Waals surface area contributed by atoms with Crippen LogP contribution in [0.25, 0.3) is 0 Å². The minimum Gasteiger partial charge on any atom is -0.476 e. The van der Waals surface area contributed by atoms with Crippen molar-refractivity contribution >= 4 is 29.1 Å². The first-order valence-corrected chi connectivity index (χ1v) is 9.22. The van der Waals surface area contributed by atoms with Gasteiger partial charge in [0.2, 0.25) is 5.91 Å². The quantitative estimate of drug-likeness (QED) is 0.835. The average molecular weight is 373 g/mol. The monoisotopic (exact) mass is 373 g/mol. The fourth-order valence-corrected chi connectivity index (χ4v) is 3.61. The van der Waals surface area contributed by atoms with Gasteiger partial charge in [-0.2, -0.15) is 0 Å². The number of benzene rings is 1. The number of hydrogen-bond acceptors (Lipinski definition) is 5. The van der Waals surface area contributed by atoms with Crippen LogP contribution >= 0.6 is 11.3 Å². The van der Waals surface area contributed by atoms with Gasteiger partial charge in [-0.05, 0) is 25.0 Å². The Hall–Kier alpha value is -2.74. The van der Waals surface area contributed by atoms with E-state index < -0.39 is 5.97 Å². The van der Waals surface area contributed by atoms with Crippen molar-refractivity contribution in [2.45, 2.75) is 19.4 Å². The lowest BCUT2D eigenvalue weighted by Crippen LogP contribution is -2.42. The summed E-state index contributed by atoms with van der Waals surface area (Å²) in [5, 5.41) is 13.7. The average Bonchev–Trinajstić information content (AvgIpc) is 3.16. The third kappa shape index (κ3) is 4.26. The number of rotatable bonds is 5. The first kappa shape index (κ1) is 18.1. The summed E-state index contributed by atoms with van der Waals surface area (Å²) in [6.07, 6.45) is 1.23. The lowest BCUT2D eigenvalue weighted by molar-refractivity contribution is -0.126. The van der Waals surface area contributed by atoms with Crippen molar-refractivity contribution in [3.63, 3.8) is 0 Å². The van der Waals surface area contributed by atoms with Gasteiger partial charge in [-0.3, -0.25) is 9.59 Å². The molecular formula is C18H19N3O4S. The number of piperidine rings is 1. The summed E-state index contributed by atoms with van der Waals surface area (Å²) in [5.74, 6) is -1.31. The molecule has 1 aliphatic rings. The van der Waals surface area contributed by atoms with Crippen molar-refractivity contribution < 1.29 is 19.5 Å². The van der Waals surface area contributed by atoms with Gasteiger partial charge in [0, 0.05) is 30.0 Å². The number of nitrogens with zero attached hydrogens (tertiary/aromatic N) is 2. The van der Waals surface area contributed by atoms with Crippen LogP contribution in [0.3, 0.4) is 0 Å². The smallest absolute Gasteiger partial charge is 0.355 e. The maximum absolute atomic E-state index is 12.4. The molecule has 3 rings (SSSR count). The first-order valence-electron chi connectivity index (χ1n) is 8.34. The summed E-state index contributed by atoms with van der Waals surface area (Å²) in [5.41, 5.74) is 0.653. The zero-order valence-electron chi connectivity index (χ0n) is 14.1. The predicted octanol–water partition coefficient (Wildman–Crippen LogP) is 2.01. The molecule has 1 fully saturated rings. The highest BCUT2D eigenvalue weighted by Crippen LogP contribution is 2.20. The van der Waals surface area contributed by atoms with Crippen LogP contribution in [-0.2, 0) is 11.3 Å². The second kappa shape index (κ2) is 8.09. The molecule has 0 saturated carbocycles. The maximum atomic E-state index is 12.4. The molecule has 0 aliphatic carbocycles. The van der Waals surface area contributed by atoms with Crippen molar-refractivity contribution in [3.8, 4) is 0 Å². The van der Waals surface area contributed by atoms with Crippen LogP contribution in [0.2, 0.25) is 0 Å². The Kier molecular flexibility index (Phi) is 5.62. The van der Waals surface area contributed by atoms with Gasteiger partial charge < -0.3 is 15.3 Å². The highest BCUT2D eigenvalue weighted by atomic mass is 32.1. The molecule has 1 aliphatic heterocycles. The summed E-state index contributed by atoms with van der Waals surface area (Å²) in [7, 11) is 0. The molecule has 0 bridgehead atoms. The van der Waals surface area contributed by atoms with E-state index in [-0.39, 0.29) is 30.0 Å². The molecule has 1 aromatic heterocycles. The highest BCUT2D eigenvalue weighted by Gasteiger charge is 2.27. The molecule has 0 atom stereocenters. The number of thiazole rings is 1. The number of carboxylic acid groups (broad SMARTS) is 1. The number of carbonyl (C=O) groups is 3. The Labute approximate surface area is 154 Å². The van der Waals surface area contributed by atoms with Gasteiger partial charge in [-0.15, -0.1) is 11.3 Å². The molecule has 2 aromatic rings. The normalized spacial score (nSPS) is 14.8. The van der Waals surface area contributed by atoms with E-state index in [1.807, 2.05) is 18.2 Å². The van der Waals surface area contributed by atoms with Crippen LogP contribution in [-0.4, -0.2) is 45.9 Å². The highest BCUT2D eigenvalue weighted by molar-refractivity contribution is 7.09. The van der Waals surface area contributed by atoms with E-state index in [0.717, 1.165) is 0 Å². The largest absolute Gasteiger partial charge is 0.476 e. The molecule has 7 nitrogen and oxygen atoms in total. The van der Waals surface area contributed by atoms with Crippen molar-refractivity contribution in [2.24, 2.45) is 5.92 Å². The van der Waals surface area contributed by atoms with Gasteiger partial charge in [0.1, 0.15) is 5.01 Å². The molecule has 0 unspecified atom stereocenters. The summed E-state index contributed by atoms with van der Waals surface area (Å²) in [4.78, 5) is 41.3. The van der Waals surface area contributed by atoms with E-state index in [9.17, 15) is 14.4 Å². The molecule has 26 heavy (non-hydrogen) atoms. The van der Waals surface area contributed by atoms with Crippen LogP contribution in [0, 0.1) is 5.92 Å². The van der Waals surface area contributed by atoms with Gasteiger partial charge in [0.15, 0.2) is 5.69 Å². The molecule has 2 N–H and O–H groups in total. The Balaban J connectivity index is 1.47. The Bertz CT molecular complexity index is 798. The third-order valence-corrected chi connectivity index (χ3v) is 5.21. The lowest BCUT2D eigenvalue weighted by atomic mass is 9.95. The first-order chi connectivity index (χ1) is 12.5. The topological polar surface area (TPSA) is 99.6 Å². The molecule has 0 radical (unpaired) electrons. The fraction of sp³-hybridized carbons (Fsp3) is 0.333. The molecule has 1 saturated heterocycles. The second-order valence-electron chi connectivity index (χ2n) is 6.08. The number of aromatic carboxylic acids is 1. The number of hydrogen-bond donors (Lipinski definition) is 2. The summed E-state index contributed by atoms with van der Waals surface area (Å²) in [6, 6.07) is 9.12. The second-order valence-corrected chi connectivity index (χ2v) is 7.02. The molecular weight excluding hydrogens is 354 g/mol. The van der Waals surface area contributed by atoms with Crippen LogP contribution in [0.1, 0.15) is 38.7 Å². The molecule has 0 spiro atoms. The zero-order valence-corrected chi connectivity index (χ0v) is 14.9. The van der Waals surface area contributed by atoms with E-state index in [1.165, 1.54) is 16.7 Å². The number of aromatic nitrogens is 1. The lowest BCUT2D eigenvalue weighted by Gasteiger charge is -2.31. The summed E-state index contributed by atoms with van der Waals surface area (Å²) in [6.45, 7) is 1.32. The van der Waals surface area contributed by atoms with Crippen LogP contribution < -0.4 is 5.32 Å². The van der Waals surface area contributed by atoms with E-state index in [4.69, 9.17) is 5.11 Å². The van der Waals surface area contributed by atoms with Crippen LogP contribution in [0.5, 0.6) is 0 Å². The van der Waals surface area contributed by atoms with Crippen molar-refractivity contribution in [2.75, 3.05) is 13.1 Å². The SMILES string of the molecule is O=C(O)c1csc(CNC(=O)C2CCN(C(=O)c3ccccc3)CC2)n1. The maximum Gasteiger partial charge on any atom is 0.355 e. The minimum atomic E-state index is -1.07. The van der Waals surface area contributed by atoms with E-state index in [2.05, 4.69) is 10.3 Å². The van der Waals surface area contributed by atoms with E-state index >= 15 is 0 Å². The minimum absolute atomic E-state index is 0.00607. The molecule has 2 heterocycles. The van der Waals surface area contributed by atoms with Gasteiger partial charge in [0.25, 0.3) is 5.91 Å². The van der Waals surface area contributed by atoms with E-state index in [1.54, 1.807) is 17.0 Å². The molecule has 1 aromatic carbocycles. The van der Waals surface area contributed by atoms with Crippen LogP contribution in [0.4, 0.5) is 0 Å². The third-order valence-electron chi connectivity index (χ3n) is 4.36. The van der Waals surface area contributed by atoms with Gasteiger partial charge in [0.05, 0.1) is 6.54 Å². The van der Waals surface area contributed by atoms with Gasteiger partial charge in [-0.25, -0.2) is 9.78 Å². The van der Waals surface area contributed by atoms with Crippen molar-refractivity contribution in [3.05, 3.63) is 52.0 Å². The molecule has 136 valence electrons.